The summed E-state index contributed by atoms with van der Waals surface area (Å²) in [7, 11) is -2.14. The van der Waals surface area contributed by atoms with Crippen LogP contribution in [0.4, 0.5) is 17.1 Å². The van der Waals surface area contributed by atoms with Gasteiger partial charge in [0.2, 0.25) is 10.0 Å². The summed E-state index contributed by atoms with van der Waals surface area (Å²) in [5, 5.41) is 3.74. The molecule has 4 N–H and O–H groups in total. The zero-order valence-electron chi connectivity index (χ0n) is 10.7. The smallest absolute Gasteiger partial charge is 0.240 e. The Balaban J connectivity index is 2.29. The van der Waals surface area contributed by atoms with Crippen LogP contribution in [0.2, 0.25) is 5.02 Å². The molecule has 0 unspecified atom stereocenters. The lowest BCUT2D eigenvalue weighted by molar-refractivity contribution is 0.588. The van der Waals surface area contributed by atoms with E-state index in [1.165, 1.54) is 19.2 Å². The Bertz CT molecular complexity index is 715. The van der Waals surface area contributed by atoms with Crippen LogP contribution in [0.25, 0.3) is 0 Å². The summed E-state index contributed by atoms with van der Waals surface area (Å²) in [6, 6.07) is 11.6. The second-order valence-electron chi connectivity index (χ2n) is 4.09. The second-order valence-corrected chi connectivity index (χ2v) is 6.41. The Kier molecular flexibility index (Phi) is 4.17. The molecule has 0 aliphatic carbocycles. The predicted molar refractivity (Wildman–Crippen MR) is 81.8 cm³/mol. The average Bonchev–Trinajstić information content (AvgIpc) is 2.43. The van der Waals surface area contributed by atoms with Crippen LogP contribution in [0, 0.1) is 0 Å². The quantitative estimate of drug-likeness (QED) is 0.758. The second kappa shape index (κ2) is 5.70. The molecule has 0 bridgehead atoms. The van der Waals surface area contributed by atoms with Crippen LogP contribution in [0.1, 0.15) is 0 Å². The molecule has 0 heterocycles. The van der Waals surface area contributed by atoms with Crippen molar-refractivity contribution < 1.29 is 8.42 Å². The predicted octanol–water partition coefficient (Wildman–Crippen LogP) is 2.57. The van der Waals surface area contributed by atoms with E-state index in [0.29, 0.717) is 16.4 Å². The molecule has 0 amide bonds. The maximum atomic E-state index is 11.7. The number of anilines is 3. The number of halogens is 1. The fourth-order valence-corrected chi connectivity index (χ4v) is 2.52. The van der Waals surface area contributed by atoms with Gasteiger partial charge in [-0.05, 0) is 49.5 Å². The minimum Gasteiger partial charge on any atom is -0.397 e. The lowest BCUT2D eigenvalue weighted by Crippen LogP contribution is -2.18. The number of hydrogen-bond donors (Lipinski definition) is 3. The number of sulfonamides is 1. The fourth-order valence-electron chi connectivity index (χ4n) is 1.63. The highest BCUT2D eigenvalue weighted by atomic mass is 35.5. The van der Waals surface area contributed by atoms with Crippen molar-refractivity contribution in [2.24, 2.45) is 0 Å². The largest absolute Gasteiger partial charge is 0.397 e. The molecule has 2 rings (SSSR count). The van der Waals surface area contributed by atoms with Crippen molar-refractivity contribution in [2.75, 3.05) is 18.1 Å². The first-order valence-corrected chi connectivity index (χ1v) is 7.64. The minimum absolute atomic E-state index is 0.124. The third kappa shape index (κ3) is 3.22. The topological polar surface area (TPSA) is 84.2 Å². The Morgan fingerprint density at radius 3 is 2.30 bits per heavy atom. The molecule has 20 heavy (non-hydrogen) atoms. The van der Waals surface area contributed by atoms with E-state index in [4.69, 9.17) is 17.3 Å². The molecule has 0 spiro atoms. The van der Waals surface area contributed by atoms with Gasteiger partial charge in [0.25, 0.3) is 0 Å². The zero-order valence-corrected chi connectivity index (χ0v) is 12.3. The number of benzene rings is 2. The van der Waals surface area contributed by atoms with Crippen molar-refractivity contribution >= 4 is 38.7 Å². The number of nitrogen functional groups attached to an aromatic ring is 1. The van der Waals surface area contributed by atoms with Gasteiger partial charge in [0.1, 0.15) is 0 Å². The average molecular weight is 312 g/mol. The molecule has 0 aliphatic heterocycles. The fraction of sp³-hybridized carbons (Fsp3) is 0.0769. The van der Waals surface area contributed by atoms with Gasteiger partial charge >= 0.3 is 0 Å². The van der Waals surface area contributed by atoms with Crippen LogP contribution in [-0.4, -0.2) is 15.5 Å². The highest BCUT2D eigenvalue weighted by Crippen LogP contribution is 2.26. The maximum absolute atomic E-state index is 11.7. The summed E-state index contributed by atoms with van der Waals surface area (Å²) in [6.07, 6.45) is 0. The zero-order chi connectivity index (χ0) is 14.8. The van der Waals surface area contributed by atoms with E-state index in [1.807, 2.05) is 0 Å². The van der Waals surface area contributed by atoms with E-state index in [9.17, 15) is 8.42 Å². The van der Waals surface area contributed by atoms with Crippen molar-refractivity contribution in [2.45, 2.75) is 4.90 Å². The van der Waals surface area contributed by atoms with Gasteiger partial charge in [0.05, 0.1) is 16.3 Å². The summed E-state index contributed by atoms with van der Waals surface area (Å²) < 4.78 is 25.6. The number of rotatable bonds is 4. The number of hydrogen-bond acceptors (Lipinski definition) is 4. The Morgan fingerprint density at radius 1 is 1.10 bits per heavy atom. The van der Waals surface area contributed by atoms with Gasteiger partial charge in [-0.1, -0.05) is 11.6 Å². The number of nitrogens with two attached hydrogens (primary N) is 1. The van der Waals surface area contributed by atoms with Gasteiger partial charge in [-0.15, -0.1) is 0 Å². The molecule has 0 fully saturated rings. The molecule has 2 aromatic carbocycles. The van der Waals surface area contributed by atoms with Crippen molar-refractivity contribution in [1.29, 1.82) is 0 Å². The molecule has 106 valence electrons. The van der Waals surface area contributed by atoms with Gasteiger partial charge in [-0.25, -0.2) is 13.1 Å². The van der Waals surface area contributed by atoms with Gasteiger partial charge in [-0.3, -0.25) is 0 Å². The molecule has 0 radical (unpaired) electrons. The van der Waals surface area contributed by atoms with E-state index in [2.05, 4.69) is 10.0 Å². The van der Waals surface area contributed by atoms with Crippen LogP contribution < -0.4 is 15.8 Å². The van der Waals surface area contributed by atoms with E-state index in [-0.39, 0.29) is 4.90 Å². The summed E-state index contributed by atoms with van der Waals surface area (Å²) in [4.78, 5) is 0.124. The summed E-state index contributed by atoms with van der Waals surface area (Å²) >= 11 is 5.81. The SMILES string of the molecule is CNS(=O)(=O)c1ccc(Nc2ccc(Cl)cc2)c(N)c1. The third-order valence-corrected chi connectivity index (χ3v) is 4.39. The third-order valence-electron chi connectivity index (χ3n) is 2.73. The first kappa shape index (κ1) is 14.6. The molecule has 0 aromatic heterocycles. The molecular formula is C13H14ClN3O2S. The molecular weight excluding hydrogens is 298 g/mol. The summed E-state index contributed by atoms with van der Waals surface area (Å²) in [6.45, 7) is 0. The molecule has 2 aromatic rings. The molecule has 5 nitrogen and oxygen atoms in total. The molecule has 0 aliphatic rings. The van der Waals surface area contributed by atoms with Crippen LogP contribution in [0.15, 0.2) is 47.4 Å². The van der Waals surface area contributed by atoms with Gasteiger partial charge in [-0.2, -0.15) is 0 Å². The van der Waals surface area contributed by atoms with Crippen molar-refractivity contribution in [3.8, 4) is 0 Å². The summed E-state index contributed by atoms with van der Waals surface area (Å²) in [5.41, 5.74) is 7.65. The standard InChI is InChI=1S/C13H14ClN3O2S/c1-16-20(18,19)11-6-7-13(12(15)8-11)17-10-4-2-9(14)3-5-10/h2-8,16-17H,15H2,1H3. The van der Waals surface area contributed by atoms with Crippen molar-refractivity contribution in [1.82, 2.24) is 4.72 Å². The maximum Gasteiger partial charge on any atom is 0.240 e. The van der Waals surface area contributed by atoms with Crippen molar-refractivity contribution in [3.05, 3.63) is 47.5 Å². The minimum atomic E-state index is -3.49. The van der Waals surface area contributed by atoms with Crippen molar-refractivity contribution in [3.63, 3.8) is 0 Å². The number of nitrogens with one attached hydrogen (secondary N) is 2. The first-order chi connectivity index (χ1) is 9.42. The normalized spacial score (nSPS) is 11.3. The van der Waals surface area contributed by atoms with E-state index < -0.39 is 10.0 Å². The van der Waals surface area contributed by atoms with Gasteiger partial charge in [0, 0.05) is 10.7 Å². The van der Waals surface area contributed by atoms with E-state index in [1.54, 1.807) is 30.3 Å². The van der Waals surface area contributed by atoms with E-state index >= 15 is 0 Å². The first-order valence-electron chi connectivity index (χ1n) is 5.78. The Morgan fingerprint density at radius 2 is 1.75 bits per heavy atom. The summed E-state index contributed by atoms with van der Waals surface area (Å²) in [5.74, 6) is 0. The molecule has 7 heteroatoms. The van der Waals surface area contributed by atoms with Crippen LogP contribution in [-0.2, 0) is 10.0 Å². The molecule has 0 saturated carbocycles. The highest BCUT2D eigenvalue weighted by molar-refractivity contribution is 7.89. The molecule has 0 atom stereocenters. The van der Waals surface area contributed by atoms with Gasteiger partial charge in [0.15, 0.2) is 0 Å². The lowest BCUT2D eigenvalue weighted by Gasteiger charge is -2.11. The highest BCUT2D eigenvalue weighted by Gasteiger charge is 2.12. The Labute approximate surface area is 122 Å². The van der Waals surface area contributed by atoms with Crippen LogP contribution in [0.3, 0.4) is 0 Å². The monoisotopic (exact) mass is 311 g/mol. The molecule has 0 saturated heterocycles. The van der Waals surface area contributed by atoms with E-state index in [0.717, 1.165) is 5.69 Å². The van der Waals surface area contributed by atoms with Crippen LogP contribution >= 0.6 is 11.6 Å². The van der Waals surface area contributed by atoms with Crippen LogP contribution in [0.5, 0.6) is 0 Å². The lowest BCUT2D eigenvalue weighted by atomic mass is 10.2. The van der Waals surface area contributed by atoms with Gasteiger partial charge < -0.3 is 11.1 Å². The Hall–Kier alpha value is -1.76.